The van der Waals surface area contributed by atoms with E-state index in [1.807, 2.05) is 44.2 Å². The minimum Gasteiger partial charge on any atom is -0.112 e. The smallest absolute Gasteiger partial charge is 0.0864 e. The Morgan fingerprint density at radius 2 is 1.63 bits per heavy atom. The Morgan fingerprint density at radius 1 is 1.00 bits per heavy atom. The summed E-state index contributed by atoms with van der Waals surface area (Å²) in [6, 6.07) is 9.67. The van der Waals surface area contributed by atoms with Gasteiger partial charge in [0.1, 0.15) is 0 Å². The summed E-state index contributed by atoms with van der Waals surface area (Å²) >= 11 is 22.5. The molecule has 0 aliphatic carbocycles. The predicted octanol–water partition coefficient (Wildman–Crippen LogP) is 6.70. The van der Waals surface area contributed by atoms with Crippen LogP contribution in [0.15, 0.2) is 34.8 Å². The van der Waals surface area contributed by atoms with Gasteiger partial charge in [-0.1, -0.05) is 41.4 Å². The molecular formula is C15H12BrCl3. The maximum absolute atomic E-state index is 6.55. The molecule has 2 aromatic rings. The molecule has 0 radical (unpaired) electrons. The van der Waals surface area contributed by atoms with E-state index in [-0.39, 0.29) is 5.38 Å². The van der Waals surface area contributed by atoms with Crippen LogP contribution in [0.1, 0.15) is 27.6 Å². The summed E-state index contributed by atoms with van der Waals surface area (Å²) in [5.74, 6) is 0. The Balaban J connectivity index is 2.53. The molecule has 1 unspecified atom stereocenters. The fraction of sp³-hybridized carbons (Fsp3) is 0.200. The van der Waals surface area contributed by atoms with Crippen LogP contribution in [0.3, 0.4) is 0 Å². The maximum Gasteiger partial charge on any atom is 0.0864 e. The highest BCUT2D eigenvalue weighted by atomic mass is 79.9. The standard InChI is InChI=1S/C15H12BrCl3/c1-8-6-11(13(17)7-9(8)2)14(18)10-4-3-5-12(16)15(10)19/h3-7,14H,1-2H3. The van der Waals surface area contributed by atoms with Gasteiger partial charge in [0.2, 0.25) is 0 Å². The van der Waals surface area contributed by atoms with Gasteiger partial charge in [-0.25, -0.2) is 0 Å². The van der Waals surface area contributed by atoms with E-state index < -0.39 is 0 Å². The predicted molar refractivity (Wildman–Crippen MR) is 87.8 cm³/mol. The number of aryl methyl sites for hydroxylation is 2. The third kappa shape index (κ3) is 3.11. The van der Waals surface area contributed by atoms with Crippen molar-refractivity contribution in [3.63, 3.8) is 0 Å². The number of rotatable bonds is 2. The number of alkyl halides is 1. The van der Waals surface area contributed by atoms with Crippen LogP contribution in [0, 0.1) is 13.8 Å². The van der Waals surface area contributed by atoms with Crippen molar-refractivity contribution in [2.45, 2.75) is 19.2 Å². The first-order valence-electron chi connectivity index (χ1n) is 5.76. The molecule has 2 rings (SSSR count). The van der Waals surface area contributed by atoms with E-state index in [9.17, 15) is 0 Å². The second-order valence-corrected chi connectivity index (χ2v) is 6.54. The molecule has 0 N–H and O–H groups in total. The molecule has 0 saturated carbocycles. The van der Waals surface area contributed by atoms with E-state index in [4.69, 9.17) is 34.8 Å². The van der Waals surface area contributed by atoms with Crippen LogP contribution in [0.4, 0.5) is 0 Å². The lowest BCUT2D eigenvalue weighted by atomic mass is 10.00. The lowest BCUT2D eigenvalue weighted by Gasteiger charge is -2.16. The summed E-state index contributed by atoms with van der Waals surface area (Å²) in [5, 5.41) is 0.924. The average Bonchev–Trinajstić information content (AvgIpc) is 2.36. The molecule has 0 amide bonds. The molecule has 19 heavy (non-hydrogen) atoms. The monoisotopic (exact) mass is 376 g/mol. The molecule has 2 aromatic carbocycles. The topological polar surface area (TPSA) is 0 Å². The molecule has 0 saturated heterocycles. The molecule has 0 heterocycles. The van der Waals surface area contributed by atoms with Gasteiger partial charge in [0.25, 0.3) is 0 Å². The highest BCUT2D eigenvalue weighted by Gasteiger charge is 2.19. The van der Waals surface area contributed by atoms with Crippen LogP contribution in [-0.2, 0) is 0 Å². The molecule has 0 aliphatic heterocycles. The van der Waals surface area contributed by atoms with Crippen LogP contribution < -0.4 is 0 Å². The zero-order valence-corrected chi connectivity index (χ0v) is 14.3. The SMILES string of the molecule is Cc1cc(Cl)c(C(Cl)c2cccc(Br)c2Cl)cc1C. The van der Waals surface area contributed by atoms with Gasteiger partial charge >= 0.3 is 0 Å². The molecule has 1 atom stereocenters. The molecule has 100 valence electrons. The fourth-order valence-corrected chi connectivity index (χ4v) is 3.30. The quantitative estimate of drug-likeness (QED) is 0.510. The third-order valence-electron chi connectivity index (χ3n) is 3.14. The molecular weight excluding hydrogens is 366 g/mol. The zero-order valence-electron chi connectivity index (χ0n) is 10.5. The third-order valence-corrected chi connectivity index (χ3v) is 5.25. The lowest BCUT2D eigenvalue weighted by Crippen LogP contribution is -1.98. The molecule has 4 heteroatoms. The van der Waals surface area contributed by atoms with Crippen LogP contribution in [0.2, 0.25) is 10.0 Å². The number of benzene rings is 2. The van der Waals surface area contributed by atoms with Crippen molar-refractivity contribution in [1.29, 1.82) is 0 Å². The van der Waals surface area contributed by atoms with E-state index in [1.54, 1.807) is 0 Å². The first kappa shape index (κ1) is 15.2. The van der Waals surface area contributed by atoms with Gasteiger partial charge < -0.3 is 0 Å². The van der Waals surface area contributed by atoms with Gasteiger partial charge in [0.05, 0.1) is 10.4 Å². The number of halogens is 4. The minimum atomic E-state index is -0.364. The normalized spacial score (nSPS) is 12.5. The Morgan fingerprint density at radius 3 is 2.32 bits per heavy atom. The number of hydrogen-bond donors (Lipinski definition) is 0. The molecule has 0 spiro atoms. The fourth-order valence-electron chi connectivity index (χ4n) is 1.88. The molecule has 0 bridgehead atoms. The molecule has 0 aliphatic rings. The van der Waals surface area contributed by atoms with Crippen molar-refractivity contribution >= 4 is 50.7 Å². The summed E-state index contributed by atoms with van der Waals surface area (Å²) in [7, 11) is 0. The first-order valence-corrected chi connectivity index (χ1v) is 7.75. The molecule has 0 fully saturated rings. The van der Waals surface area contributed by atoms with Crippen LogP contribution in [0.5, 0.6) is 0 Å². The van der Waals surface area contributed by atoms with E-state index >= 15 is 0 Å². The van der Waals surface area contributed by atoms with Crippen molar-refractivity contribution in [2.24, 2.45) is 0 Å². The molecule has 0 aromatic heterocycles. The Hall–Kier alpha value is -0.210. The van der Waals surface area contributed by atoms with E-state index in [0.717, 1.165) is 26.7 Å². The van der Waals surface area contributed by atoms with Gasteiger partial charge in [0.15, 0.2) is 0 Å². The maximum atomic E-state index is 6.55. The summed E-state index contributed by atoms with van der Waals surface area (Å²) in [4.78, 5) is 0. The minimum absolute atomic E-state index is 0.364. The van der Waals surface area contributed by atoms with Gasteiger partial charge in [-0.3, -0.25) is 0 Å². The Labute approximate surface area is 136 Å². The molecule has 0 nitrogen and oxygen atoms in total. The average molecular weight is 379 g/mol. The first-order chi connectivity index (χ1) is 8.91. The Bertz CT molecular complexity index is 623. The van der Waals surface area contributed by atoms with Crippen molar-refractivity contribution in [3.05, 3.63) is 67.1 Å². The van der Waals surface area contributed by atoms with Crippen molar-refractivity contribution < 1.29 is 0 Å². The van der Waals surface area contributed by atoms with E-state index in [0.29, 0.717) is 10.0 Å². The highest BCUT2D eigenvalue weighted by molar-refractivity contribution is 9.10. The van der Waals surface area contributed by atoms with Crippen LogP contribution >= 0.6 is 50.7 Å². The van der Waals surface area contributed by atoms with E-state index in [2.05, 4.69) is 15.9 Å². The van der Waals surface area contributed by atoms with Crippen LogP contribution in [-0.4, -0.2) is 0 Å². The van der Waals surface area contributed by atoms with Crippen molar-refractivity contribution in [2.75, 3.05) is 0 Å². The van der Waals surface area contributed by atoms with Gasteiger partial charge in [-0.2, -0.15) is 0 Å². The van der Waals surface area contributed by atoms with E-state index in [1.165, 1.54) is 0 Å². The second-order valence-electron chi connectivity index (χ2n) is 4.46. The van der Waals surface area contributed by atoms with Crippen molar-refractivity contribution in [3.8, 4) is 0 Å². The zero-order chi connectivity index (χ0) is 14.2. The van der Waals surface area contributed by atoms with Gasteiger partial charge in [-0.15, -0.1) is 11.6 Å². The Kier molecular flexibility index (Phi) is 4.84. The van der Waals surface area contributed by atoms with Crippen LogP contribution in [0.25, 0.3) is 0 Å². The summed E-state index contributed by atoms with van der Waals surface area (Å²) < 4.78 is 0.831. The lowest BCUT2D eigenvalue weighted by molar-refractivity contribution is 1.12. The van der Waals surface area contributed by atoms with Gasteiger partial charge in [0, 0.05) is 9.50 Å². The summed E-state index contributed by atoms with van der Waals surface area (Å²) in [6.07, 6.45) is 0. The van der Waals surface area contributed by atoms with Gasteiger partial charge in [-0.05, 0) is 64.2 Å². The number of hydrogen-bond acceptors (Lipinski definition) is 0. The second kappa shape index (κ2) is 6.05. The highest BCUT2D eigenvalue weighted by Crippen LogP contribution is 2.40. The van der Waals surface area contributed by atoms with Crippen molar-refractivity contribution in [1.82, 2.24) is 0 Å². The summed E-state index contributed by atoms with van der Waals surface area (Å²) in [5.41, 5.74) is 4.04. The largest absolute Gasteiger partial charge is 0.112 e. The summed E-state index contributed by atoms with van der Waals surface area (Å²) in [6.45, 7) is 4.07.